The zero-order chi connectivity index (χ0) is 22.4. The SMILES string of the molecule is COc1ccc(NC(=O)C(C)Sc2ccc(NC(=O)c3ccc(F)cc3)cc2)cc1Cl. The minimum atomic E-state index is -0.397. The van der Waals surface area contributed by atoms with Crippen LogP contribution in [0, 0.1) is 5.82 Å². The van der Waals surface area contributed by atoms with Crippen LogP contribution in [0.2, 0.25) is 5.02 Å². The second-order valence-corrected chi connectivity index (χ2v) is 8.41. The van der Waals surface area contributed by atoms with Gasteiger partial charge in [0.1, 0.15) is 11.6 Å². The lowest BCUT2D eigenvalue weighted by Gasteiger charge is -2.13. The number of methoxy groups -OCH3 is 1. The van der Waals surface area contributed by atoms with E-state index in [-0.39, 0.29) is 17.1 Å². The third-order valence-corrected chi connectivity index (χ3v) is 5.73. The molecule has 0 saturated heterocycles. The fraction of sp³-hybridized carbons (Fsp3) is 0.130. The molecular formula is C23H20ClFN2O3S. The van der Waals surface area contributed by atoms with E-state index in [1.54, 1.807) is 37.3 Å². The Balaban J connectivity index is 1.56. The van der Waals surface area contributed by atoms with E-state index < -0.39 is 5.82 Å². The number of amides is 2. The molecule has 0 radical (unpaired) electrons. The van der Waals surface area contributed by atoms with E-state index in [1.807, 2.05) is 12.1 Å². The summed E-state index contributed by atoms with van der Waals surface area (Å²) in [4.78, 5) is 25.6. The van der Waals surface area contributed by atoms with Gasteiger partial charge in [0, 0.05) is 21.8 Å². The fourth-order valence-electron chi connectivity index (χ4n) is 2.67. The van der Waals surface area contributed by atoms with E-state index in [4.69, 9.17) is 16.3 Å². The molecule has 0 aliphatic carbocycles. The Morgan fingerprint density at radius 3 is 2.23 bits per heavy atom. The first-order chi connectivity index (χ1) is 14.9. The molecule has 0 saturated carbocycles. The van der Waals surface area contributed by atoms with Crippen molar-refractivity contribution in [2.24, 2.45) is 0 Å². The number of thioether (sulfide) groups is 1. The number of rotatable bonds is 7. The van der Waals surface area contributed by atoms with Gasteiger partial charge in [0.25, 0.3) is 5.91 Å². The van der Waals surface area contributed by atoms with Gasteiger partial charge in [0.05, 0.1) is 17.4 Å². The maximum Gasteiger partial charge on any atom is 0.255 e. The zero-order valence-corrected chi connectivity index (χ0v) is 18.4. The van der Waals surface area contributed by atoms with Gasteiger partial charge < -0.3 is 15.4 Å². The Labute approximate surface area is 188 Å². The van der Waals surface area contributed by atoms with Gasteiger partial charge in [0.15, 0.2) is 0 Å². The van der Waals surface area contributed by atoms with Crippen molar-refractivity contribution in [1.29, 1.82) is 0 Å². The van der Waals surface area contributed by atoms with Crippen molar-refractivity contribution < 1.29 is 18.7 Å². The van der Waals surface area contributed by atoms with Crippen molar-refractivity contribution in [1.82, 2.24) is 0 Å². The van der Waals surface area contributed by atoms with Crippen LogP contribution in [0.25, 0.3) is 0 Å². The molecule has 3 rings (SSSR count). The van der Waals surface area contributed by atoms with Gasteiger partial charge in [-0.3, -0.25) is 9.59 Å². The highest BCUT2D eigenvalue weighted by Crippen LogP contribution is 2.29. The Bertz CT molecular complexity index is 1080. The van der Waals surface area contributed by atoms with Gasteiger partial charge in [-0.25, -0.2) is 4.39 Å². The number of nitrogens with one attached hydrogen (secondary N) is 2. The largest absolute Gasteiger partial charge is 0.495 e. The maximum absolute atomic E-state index is 13.0. The number of halogens is 2. The molecule has 5 nitrogen and oxygen atoms in total. The van der Waals surface area contributed by atoms with E-state index in [0.717, 1.165) is 4.90 Å². The topological polar surface area (TPSA) is 67.4 Å². The molecule has 2 N–H and O–H groups in total. The smallest absolute Gasteiger partial charge is 0.255 e. The van der Waals surface area contributed by atoms with Crippen LogP contribution in [-0.4, -0.2) is 24.2 Å². The van der Waals surface area contributed by atoms with E-state index in [0.29, 0.717) is 27.7 Å². The number of carbonyl (C=O) groups is 2. The number of hydrogen-bond acceptors (Lipinski definition) is 4. The summed E-state index contributed by atoms with van der Waals surface area (Å²) in [5.74, 6) is -0.355. The molecule has 1 atom stereocenters. The molecule has 0 aliphatic heterocycles. The summed E-state index contributed by atoms with van der Waals surface area (Å²) in [5.41, 5.74) is 1.55. The summed E-state index contributed by atoms with van der Waals surface area (Å²) in [6.45, 7) is 1.80. The van der Waals surface area contributed by atoms with Crippen molar-refractivity contribution in [3.8, 4) is 5.75 Å². The summed E-state index contributed by atoms with van der Waals surface area (Å²) in [7, 11) is 1.53. The summed E-state index contributed by atoms with van der Waals surface area (Å²) >= 11 is 7.48. The normalized spacial score (nSPS) is 11.5. The summed E-state index contributed by atoms with van der Waals surface area (Å²) in [5, 5.41) is 5.64. The number of hydrogen-bond donors (Lipinski definition) is 2. The van der Waals surface area contributed by atoms with Gasteiger partial charge in [-0.05, 0) is 73.7 Å². The lowest BCUT2D eigenvalue weighted by atomic mass is 10.2. The van der Waals surface area contributed by atoms with E-state index in [2.05, 4.69) is 10.6 Å². The van der Waals surface area contributed by atoms with Crippen LogP contribution in [0.3, 0.4) is 0 Å². The summed E-state index contributed by atoms with van der Waals surface area (Å²) in [6.07, 6.45) is 0. The lowest BCUT2D eigenvalue weighted by Crippen LogP contribution is -2.22. The fourth-order valence-corrected chi connectivity index (χ4v) is 3.79. The van der Waals surface area contributed by atoms with Gasteiger partial charge in [-0.2, -0.15) is 0 Å². The predicted molar refractivity (Wildman–Crippen MR) is 123 cm³/mol. The van der Waals surface area contributed by atoms with Crippen molar-refractivity contribution in [3.63, 3.8) is 0 Å². The van der Waals surface area contributed by atoms with Gasteiger partial charge in [-0.15, -0.1) is 11.8 Å². The molecule has 1 unspecified atom stereocenters. The Morgan fingerprint density at radius 1 is 0.968 bits per heavy atom. The molecule has 3 aromatic rings. The molecular weight excluding hydrogens is 439 g/mol. The third-order valence-electron chi connectivity index (χ3n) is 4.32. The first-order valence-electron chi connectivity index (χ1n) is 9.34. The van der Waals surface area contributed by atoms with Crippen LogP contribution in [0.15, 0.2) is 71.6 Å². The van der Waals surface area contributed by atoms with Crippen LogP contribution in [-0.2, 0) is 4.79 Å². The van der Waals surface area contributed by atoms with Crippen molar-refractivity contribution >= 4 is 46.6 Å². The van der Waals surface area contributed by atoms with Crippen LogP contribution in [0.1, 0.15) is 17.3 Å². The number of carbonyl (C=O) groups excluding carboxylic acids is 2. The lowest BCUT2D eigenvalue weighted by molar-refractivity contribution is -0.115. The molecule has 160 valence electrons. The Kier molecular flexibility index (Phi) is 7.55. The minimum Gasteiger partial charge on any atom is -0.495 e. The first-order valence-corrected chi connectivity index (χ1v) is 10.6. The minimum absolute atomic E-state index is 0.167. The summed E-state index contributed by atoms with van der Waals surface area (Å²) in [6, 6.07) is 17.5. The molecule has 3 aromatic carbocycles. The molecule has 31 heavy (non-hydrogen) atoms. The second kappa shape index (κ2) is 10.3. The monoisotopic (exact) mass is 458 g/mol. The van der Waals surface area contributed by atoms with Gasteiger partial charge in [-0.1, -0.05) is 11.6 Å². The maximum atomic E-state index is 13.0. The van der Waals surface area contributed by atoms with Crippen LogP contribution in [0.5, 0.6) is 5.75 Å². The molecule has 2 amide bonds. The Hall–Kier alpha value is -3.03. The molecule has 0 fully saturated rings. The quantitative estimate of drug-likeness (QED) is 0.435. The van der Waals surface area contributed by atoms with Crippen molar-refractivity contribution in [2.45, 2.75) is 17.1 Å². The Morgan fingerprint density at radius 2 is 1.61 bits per heavy atom. The average molecular weight is 459 g/mol. The van der Waals surface area contributed by atoms with Crippen LogP contribution in [0.4, 0.5) is 15.8 Å². The average Bonchev–Trinajstić information content (AvgIpc) is 2.75. The second-order valence-electron chi connectivity index (χ2n) is 6.58. The van der Waals surface area contributed by atoms with Crippen LogP contribution >= 0.6 is 23.4 Å². The molecule has 0 heterocycles. The molecule has 0 aromatic heterocycles. The molecule has 0 spiro atoms. The highest BCUT2D eigenvalue weighted by atomic mass is 35.5. The highest BCUT2D eigenvalue weighted by molar-refractivity contribution is 8.00. The third kappa shape index (κ3) is 6.23. The first kappa shape index (κ1) is 22.7. The predicted octanol–water partition coefficient (Wildman–Crippen LogP) is 5.86. The number of ether oxygens (including phenoxy) is 1. The zero-order valence-electron chi connectivity index (χ0n) is 16.8. The number of anilines is 2. The van der Waals surface area contributed by atoms with Crippen molar-refractivity contribution in [3.05, 3.63) is 83.1 Å². The van der Waals surface area contributed by atoms with E-state index >= 15 is 0 Å². The van der Waals surface area contributed by atoms with E-state index in [9.17, 15) is 14.0 Å². The summed E-state index contributed by atoms with van der Waals surface area (Å²) < 4.78 is 18.1. The standard InChI is InChI=1S/C23H20ClFN2O3S/c1-14(22(28)27-18-9-12-21(30-2)20(24)13-18)31-19-10-7-17(8-11-19)26-23(29)15-3-5-16(25)6-4-15/h3-14H,1-2H3,(H,26,29)(H,27,28). The van der Waals surface area contributed by atoms with Crippen LogP contribution < -0.4 is 15.4 Å². The van der Waals surface area contributed by atoms with Gasteiger partial charge in [0.2, 0.25) is 5.91 Å². The molecule has 0 bridgehead atoms. The highest BCUT2D eigenvalue weighted by Gasteiger charge is 2.15. The van der Waals surface area contributed by atoms with Gasteiger partial charge >= 0.3 is 0 Å². The van der Waals surface area contributed by atoms with Crippen molar-refractivity contribution in [2.75, 3.05) is 17.7 Å². The molecule has 0 aliphatic rings. The molecule has 8 heteroatoms. The van der Waals surface area contributed by atoms with E-state index in [1.165, 1.54) is 43.1 Å². The number of benzene rings is 3.